The normalized spacial score (nSPS) is 18.4. The summed E-state index contributed by atoms with van der Waals surface area (Å²) in [7, 11) is 0. The Morgan fingerprint density at radius 3 is 2.59 bits per heavy atom. The summed E-state index contributed by atoms with van der Waals surface area (Å²) in [6.45, 7) is 8.00. The zero-order valence-corrected chi connectivity index (χ0v) is 13.8. The van der Waals surface area contributed by atoms with E-state index in [0.29, 0.717) is 12.5 Å². The fraction of sp³-hybridized carbons (Fsp3) is 0.556. The number of hydrogen-bond donors (Lipinski definition) is 1. The van der Waals surface area contributed by atoms with Gasteiger partial charge in [0.05, 0.1) is 0 Å². The van der Waals surface area contributed by atoms with Gasteiger partial charge < -0.3 is 10.2 Å². The molecular formula is C18H26N2O2. The molecule has 4 nitrogen and oxygen atoms in total. The van der Waals surface area contributed by atoms with Crippen LogP contribution < -0.4 is 5.32 Å². The van der Waals surface area contributed by atoms with Crippen molar-refractivity contribution in [3.63, 3.8) is 0 Å². The molecule has 1 N–H and O–H groups in total. The highest BCUT2D eigenvalue weighted by atomic mass is 16.2. The maximum absolute atomic E-state index is 12.5. The van der Waals surface area contributed by atoms with E-state index in [1.165, 1.54) is 0 Å². The molecule has 1 aromatic rings. The SMILES string of the molecule is Cc1ccc(C(=O)N2CCC[C@H](CNC(=O)C(C)C)C2)cc1. The molecule has 4 heteroatoms. The van der Waals surface area contributed by atoms with E-state index >= 15 is 0 Å². The molecular weight excluding hydrogens is 276 g/mol. The maximum Gasteiger partial charge on any atom is 0.253 e. The summed E-state index contributed by atoms with van der Waals surface area (Å²) in [6, 6.07) is 7.72. The Bertz CT molecular complexity index is 522. The first kappa shape index (κ1) is 16.5. The number of carbonyl (C=O) groups excluding carboxylic acids is 2. The second-order valence-electron chi connectivity index (χ2n) is 6.53. The lowest BCUT2D eigenvalue weighted by atomic mass is 9.97. The van der Waals surface area contributed by atoms with Gasteiger partial charge in [0, 0.05) is 31.1 Å². The van der Waals surface area contributed by atoms with Crippen LogP contribution in [0.3, 0.4) is 0 Å². The van der Waals surface area contributed by atoms with E-state index in [4.69, 9.17) is 0 Å². The second kappa shape index (κ2) is 7.43. The number of carbonyl (C=O) groups is 2. The maximum atomic E-state index is 12.5. The highest BCUT2D eigenvalue weighted by Gasteiger charge is 2.24. The molecule has 0 aliphatic carbocycles. The average molecular weight is 302 g/mol. The smallest absolute Gasteiger partial charge is 0.253 e. The molecule has 1 aliphatic rings. The molecule has 2 rings (SSSR count). The van der Waals surface area contributed by atoms with Crippen LogP contribution in [0.1, 0.15) is 42.6 Å². The number of nitrogens with zero attached hydrogens (tertiary/aromatic N) is 1. The minimum atomic E-state index is 0.00823. The van der Waals surface area contributed by atoms with E-state index in [0.717, 1.165) is 37.1 Å². The molecule has 1 aliphatic heterocycles. The van der Waals surface area contributed by atoms with Crippen molar-refractivity contribution in [2.24, 2.45) is 11.8 Å². The summed E-state index contributed by atoms with van der Waals surface area (Å²) in [4.78, 5) is 26.1. The van der Waals surface area contributed by atoms with E-state index < -0.39 is 0 Å². The number of benzene rings is 1. The van der Waals surface area contributed by atoms with Gasteiger partial charge in [-0.15, -0.1) is 0 Å². The Morgan fingerprint density at radius 1 is 1.27 bits per heavy atom. The van der Waals surface area contributed by atoms with Gasteiger partial charge in [0.15, 0.2) is 0 Å². The number of likely N-dealkylation sites (tertiary alicyclic amines) is 1. The highest BCUT2D eigenvalue weighted by Crippen LogP contribution is 2.18. The quantitative estimate of drug-likeness (QED) is 0.929. The Kier molecular flexibility index (Phi) is 5.58. The second-order valence-corrected chi connectivity index (χ2v) is 6.53. The molecule has 1 heterocycles. The van der Waals surface area contributed by atoms with Crippen LogP contribution >= 0.6 is 0 Å². The van der Waals surface area contributed by atoms with Gasteiger partial charge in [0.25, 0.3) is 5.91 Å². The van der Waals surface area contributed by atoms with Crippen LogP contribution in [-0.4, -0.2) is 36.3 Å². The first-order chi connectivity index (χ1) is 10.5. The standard InChI is InChI=1S/C18H26N2O2/c1-13(2)17(21)19-11-15-5-4-10-20(12-15)18(22)16-8-6-14(3)7-9-16/h6-9,13,15H,4-5,10-12H2,1-3H3,(H,19,21)/t15-/m1/s1. The lowest BCUT2D eigenvalue weighted by molar-refractivity contribution is -0.124. The van der Waals surface area contributed by atoms with Crippen LogP contribution in [0.15, 0.2) is 24.3 Å². The van der Waals surface area contributed by atoms with Crippen molar-refractivity contribution in [1.29, 1.82) is 0 Å². The fourth-order valence-corrected chi connectivity index (χ4v) is 2.74. The Morgan fingerprint density at radius 2 is 1.95 bits per heavy atom. The van der Waals surface area contributed by atoms with Crippen molar-refractivity contribution in [2.45, 2.75) is 33.6 Å². The summed E-state index contributed by atoms with van der Waals surface area (Å²) in [5, 5.41) is 2.98. The first-order valence-corrected chi connectivity index (χ1v) is 8.11. The summed E-state index contributed by atoms with van der Waals surface area (Å²) < 4.78 is 0. The van der Waals surface area contributed by atoms with E-state index in [9.17, 15) is 9.59 Å². The number of hydrogen-bond acceptors (Lipinski definition) is 2. The number of amides is 2. The van der Waals surface area contributed by atoms with Crippen molar-refractivity contribution in [3.05, 3.63) is 35.4 Å². The van der Waals surface area contributed by atoms with Crippen LogP contribution in [0.5, 0.6) is 0 Å². The molecule has 0 spiro atoms. The fourth-order valence-electron chi connectivity index (χ4n) is 2.74. The van der Waals surface area contributed by atoms with Crippen LogP contribution in [0.4, 0.5) is 0 Å². The number of rotatable bonds is 4. The summed E-state index contributed by atoms with van der Waals surface area (Å²) in [5.74, 6) is 0.543. The number of nitrogens with one attached hydrogen (secondary N) is 1. The Hall–Kier alpha value is -1.84. The predicted octanol–water partition coefficient (Wildman–Crippen LogP) is 2.62. The minimum absolute atomic E-state index is 0.00823. The van der Waals surface area contributed by atoms with Crippen molar-refractivity contribution < 1.29 is 9.59 Å². The van der Waals surface area contributed by atoms with E-state index in [1.54, 1.807) is 0 Å². The zero-order chi connectivity index (χ0) is 16.1. The van der Waals surface area contributed by atoms with Crippen molar-refractivity contribution >= 4 is 11.8 Å². The van der Waals surface area contributed by atoms with Gasteiger partial charge in [-0.3, -0.25) is 9.59 Å². The molecule has 0 aromatic heterocycles. The van der Waals surface area contributed by atoms with Crippen molar-refractivity contribution in [3.8, 4) is 0 Å². The zero-order valence-electron chi connectivity index (χ0n) is 13.8. The lowest BCUT2D eigenvalue weighted by Crippen LogP contribution is -2.44. The van der Waals surface area contributed by atoms with Crippen LogP contribution in [0, 0.1) is 18.8 Å². The van der Waals surface area contributed by atoms with Crippen LogP contribution in [0.2, 0.25) is 0 Å². The van der Waals surface area contributed by atoms with Gasteiger partial charge in [-0.1, -0.05) is 31.5 Å². The summed E-state index contributed by atoms with van der Waals surface area (Å²) in [5.41, 5.74) is 1.90. The van der Waals surface area contributed by atoms with Gasteiger partial charge in [-0.25, -0.2) is 0 Å². The molecule has 1 aromatic carbocycles. The Balaban J connectivity index is 1.91. The molecule has 0 radical (unpaired) electrons. The van der Waals surface area contributed by atoms with Crippen LogP contribution in [0.25, 0.3) is 0 Å². The topological polar surface area (TPSA) is 49.4 Å². The molecule has 0 bridgehead atoms. The molecule has 0 saturated carbocycles. The number of piperidine rings is 1. The van der Waals surface area contributed by atoms with Gasteiger partial charge in [0.1, 0.15) is 0 Å². The van der Waals surface area contributed by atoms with E-state index in [1.807, 2.05) is 49.9 Å². The van der Waals surface area contributed by atoms with Gasteiger partial charge in [-0.05, 0) is 37.8 Å². The summed E-state index contributed by atoms with van der Waals surface area (Å²) in [6.07, 6.45) is 2.07. The molecule has 22 heavy (non-hydrogen) atoms. The van der Waals surface area contributed by atoms with Gasteiger partial charge in [-0.2, -0.15) is 0 Å². The molecule has 1 fully saturated rings. The van der Waals surface area contributed by atoms with Crippen molar-refractivity contribution in [1.82, 2.24) is 10.2 Å². The third-order valence-corrected chi connectivity index (χ3v) is 4.19. The molecule has 1 saturated heterocycles. The predicted molar refractivity (Wildman–Crippen MR) is 87.7 cm³/mol. The summed E-state index contributed by atoms with van der Waals surface area (Å²) >= 11 is 0. The van der Waals surface area contributed by atoms with Gasteiger partial charge in [0.2, 0.25) is 5.91 Å². The van der Waals surface area contributed by atoms with Crippen molar-refractivity contribution in [2.75, 3.05) is 19.6 Å². The van der Waals surface area contributed by atoms with E-state index in [-0.39, 0.29) is 17.7 Å². The minimum Gasteiger partial charge on any atom is -0.356 e. The van der Waals surface area contributed by atoms with Crippen LogP contribution in [-0.2, 0) is 4.79 Å². The molecule has 0 unspecified atom stereocenters. The Labute approximate surface area is 132 Å². The molecule has 2 amide bonds. The van der Waals surface area contributed by atoms with E-state index in [2.05, 4.69) is 5.32 Å². The third kappa shape index (κ3) is 4.33. The molecule has 1 atom stereocenters. The third-order valence-electron chi connectivity index (χ3n) is 4.19. The lowest BCUT2D eigenvalue weighted by Gasteiger charge is -2.33. The average Bonchev–Trinajstić information content (AvgIpc) is 2.52. The number of aryl methyl sites for hydroxylation is 1. The largest absolute Gasteiger partial charge is 0.356 e. The van der Waals surface area contributed by atoms with Gasteiger partial charge >= 0.3 is 0 Å². The highest BCUT2D eigenvalue weighted by molar-refractivity contribution is 5.94. The first-order valence-electron chi connectivity index (χ1n) is 8.11. The monoisotopic (exact) mass is 302 g/mol. The molecule has 120 valence electrons.